The van der Waals surface area contributed by atoms with Gasteiger partial charge in [-0.25, -0.2) is 8.72 Å². The minimum Gasteiger partial charge on any atom is -0.626 e. The van der Waals surface area contributed by atoms with Crippen molar-refractivity contribution in [2.24, 2.45) is 0 Å². The molecule has 1 aromatic carbocycles. The maximum Gasteiger partial charge on any atom is 0.237 e. The summed E-state index contributed by atoms with van der Waals surface area (Å²) >= 11 is 13.8. The van der Waals surface area contributed by atoms with Crippen LogP contribution in [0.3, 0.4) is 0 Å². The quantitative estimate of drug-likeness (QED) is 0.293. The zero-order valence-corrected chi connectivity index (χ0v) is 18.0. The first-order valence-electron chi connectivity index (χ1n) is 9.25. The van der Waals surface area contributed by atoms with Gasteiger partial charge in [0.05, 0.1) is 13.2 Å². The molecule has 2 heterocycles. The Bertz CT molecular complexity index is 661. The fourth-order valence-corrected chi connectivity index (χ4v) is 4.57. The fourth-order valence-electron chi connectivity index (χ4n) is 3.22. The highest BCUT2D eigenvalue weighted by Gasteiger charge is 2.42. The minimum absolute atomic E-state index is 0.122. The zero-order chi connectivity index (χ0) is 19.4. The Morgan fingerprint density at radius 1 is 1.22 bits per heavy atom. The summed E-state index contributed by atoms with van der Waals surface area (Å²) in [5.74, 6) is 1.64. The van der Waals surface area contributed by atoms with Crippen LogP contribution in [0.4, 0.5) is 0 Å². The van der Waals surface area contributed by atoms with Gasteiger partial charge in [-0.15, -0.1) is 0 Å². The Morgan fingerprint density at radius 2 is 1.93 bits per heavy atom. The topological polar surface area (TPSA) is 46.5 Å². The van der Waals surface area contributed by atoms with E-state index in [1.54, 1.807) is 16.6 Å². The number of ether oxygens (including phenoxy) is 1. The van der Waals surface area contributed by atoms with Crippen LogP contribution in [0.2, 0.25) is 5.02 Å². The van der Waals surface area contributed by atoms with Crippen molar-refractivity contribution >= 4 is 35.5 Å². The molecule has 0 amide bonds. The number of unbranched alkanes of at least 4 members (excludes halogenated alkanes) is 3. The molecule has 0 aliphatic carbocycles. The number of hydrogen-bond donors (Lipinski definition) is 1. The number of likely N-dealkylation sites (N-methyl/N-ethyl adjacent to an activating group) is 1. The van der Waals surface area contributed by atoms with Crippen molar-refractivity contribution in [1.29, 1.82) is 0 Å². The van der Waals surface area contributed by atoms with Crippen molar-refractivity contribution in [3.05, 3.63) is 46.0 Å². The Kier molecular flexibility index (Phi) is 7.42. The standard InChI is InChI=1S/C18H26Cl2N4O2S/c1-14-23(20)17-13-21(2)27-22(18(17)24(14)25)11-5-3-4-6-12-26-16-9-7-15(19)8-10-16/h7-10,14,24H,3-6,11-13H2,1-2H3. The summed E-state index contributed by atoms with van der Waals surface area (Å²) in [4.78, 5) is 0. The highest BCUT2D eigenvalue weighted by Crippen LogP contribution is 2.33. The van der Waals surface area contributed by atoms with Gasteiger partial charge in [0.2, 0.25) is 5.82 Å². The van der Waals surface area contributed by atoms with Crippen LogP contribution < -0.4 is 9.80 Å². The smallest absolute Gasteiger partial charge is 0.237 e. The van der Waals surface area contributed by atoms with Gasteiger partial charge in [-0.2, -0.15) is 0 Å². The monoisotopic (exact) mass is 432 g/mol. The van der Waals surface area contributed by atoms with Gasteiger partial charge in [-0.1, -0.05) is 24.4 Å². The Morgan fingerprint density at radius 3 is 2.67 bits per heavy atom. The number of benzene rings is 1. The largest absolute Gasteiger partial charge is 0.626 e. The molecule has 0 bridgehead atoms. The molecule has 3 rings (SSSR count). The second-order valence-electron chi connectivity index (χ2n) is 6.83. The zero-order valence-electron chi connectivity index (χ0n) is 15.7. The molecule has 27 heavy (non-hydrogen) atoms. The Hall–Kier alpha value is -0.830. The molecule has 2 atom stereocenters. The van der Waals surface area contributed by atoms with Gasteiger partial charge in [-0.05, 0) is 44.2 Å². The van der Waals surface area contributed by atoms with Crippen molar-refractivity contribution in [3.8, 4) is 5.75 Å². The molecule has 1 N–H and O–H groups in total. The van der Waals surface area contributed by atoms with E-state index >= 15 is 0 Å². The molecule has 2 aliphatic heterocycles. The van der Waals surface area contributed by atoms with Crippen LogP contribution in [-0.2, 0) is 0 Å². The molecule has 0 fully saturated rings. The molecule has 2 aliphatic rings. The number of halogens is 2. The second kappa shape index (κ2) is 9.58. The van der Waals surface area contributed by atoms with E-state index in [1.807, 2.05) is 38.2 Å². The maximum atomic E-state index is 12.5. The summed E-state index contributed by atoms with van der Waals surface area (Å²) in [6.45, 7) is 4.10. The maximum absolute atomic E-state index is 12.5. The van der Waals surface area contributed by atoms with Crippen LogP contribution in [0.25, 0.3) is 0 Å². The van der Waals surface area contributed by atoms with Crippen molar-refractivity contribution in [2.75, 3.05) is 26.7 Å². The van der Waals surface area contributed by atoms with E-state index in [0.717, 1.165) is 49.5 Å². The predicted octanol–water partition coefficient (Wildman–Crippen LogP) is 3.46. The van der Waals surface area contributed by atoms with E-state index in [4.69, 9.17) is 28.1 Å². The molecular weight excluding hydrogens is 407 g/mol. The number of quaternary nitrogens is 1. The Balaban J connectivity index is 1.38. The molecule has 0 saturated carbocycles. The lowest BCUT2D eigenvalue weighted by Crippen LogP contribution is -3.09. The summed E-state index contributed by atoms with van der Waals surface area (Å²) in [7, 11) is 2.02. The Labute approximate surface area is 175 Å². The highest BCUT2D eigenvalue weighted by atomic mass is 35.5. The van der Waals surface area contributed by atoms with Crippen molar-refractivity contribution in [2.45, 2.75) is 38.8 Å². The van der Waals surface area contributed by atoms with Crippen LogP contribution in [0.15, 0.2) is 35.8 Å². The van der Waals surface area contributed by atoms with Gasteiger partial charge in [0.25, 0.3) is 0 Å². The van der Waals surface area contributed by atoms with Gasteiger partial charge in [-0.3, -0.25) is 4.31 Å². The summed E-state index contributed by atoms with van der Waals surface area (Å²) in [6, 6.07) is 7.44. The second-order valence-corrected chi connectivity index (χ2v) is 8.86. The molecule has 0 saturated heterocycles. The van der Waals surface area contributed by atoms with Gasteiger partial charge in [0.15, 0.2) is 6.17 Å². The number of nitrogens with one attached hydrogen (secondary N) is 1. The molecular formula is C18H26Cl2N4O2S. The number of hydroxylamine groups is 2. The lowest BCUT2D eigenvalue weighted by Gasteiger charge is -2.35. The van der Waals surface area contributed by atoms with Crippen LogP contribution in [0.1, 0.15) is 32.6 Å². The number of rotatable bonds is 8. The van der Waals surface area contributed by atoms with Gasteiger partial charge >= 0.3 is 0 Å². The van der Waals surface area contributed by atoms with Gasteiger partial charge in [0.1, 0.15) is 11.4 Å². The van der Waals surface area contributed by atoms with Crippen molar-refractivity contribution in [3.63, 3.8) is 0 Å². The highest BCUT2D eigenvalue weighted by molar-refractivity contribution is 7.94. The third kappa shape index (κ3) is 5.16. The van der Waals surface area contributed by atoms with Crippen molar-refractivity contribution in [1.82, 2.24) is 13.0 Å². The normalized spacial score (nSPS) is 23.1. The third-order valence-corrected chi connectivity index (χ3v) is 6.40. The van der Waals surface area contributed by atoms with Crippen LogP contribution in [0, 0.1) is 5.21 Å². The fraction of sp³-hybridized carbons (Fsp3) is 0.556. The van der Waals surface area contributed by atoms with E-state index in [1.165, 1.54) is 0 Å². The predicted molar refractivity (Wildman–Crippen MR) is 111 cm³/mol. The lowest BCUT2D eigenvalue weighted by atomic mass is 10.2. The average molecular weight is 433 g/mol. The van der Waals surface area contributed by atoms with E-state index in [0.29, 0.717) is 18.2 Å². The van der Waals surface area contributed by atoms with Crippen molar-refractivity contribution < 1.29 is 9.80 Å². The molecule has 0 aromatic heterocycles. The first-order valence-corrected chi connectivity index (χ1v) is 10.7. The van der Waals surface area contributed by atoms with Crippen LogP contribution >= 0.6 is 35.5 Å². The SMILES string of the molecule is CC1N(Cl)C2=C(N(CCCCCCOc3ccc(Cl)cc3)SN(C)C2)[NH+]1[O-]. The summed E-state index contributed by atoms with van der Waals surface area (Å²) in [6.07, 6.45) is 3.95. The van der Waals surface area contributed by atoms with Crippen LogP contribution in [0.5, 0.6) is 5.75 Å². The summed E-state index contributed by atoms with van der Waals surface area (Å²) in [5, 5.41) is 13.4. The average Bonchev–Trinajstić information content (AvgIpc) is 2.86. The molecule has 1 aromatic rings. The first kappa shape index (κ1) is 20.9. The van der Waals surface area contributed by atoms with E-state index in [2.05, 4.69) is 8.61 Å². The van der Waals surface area contributed by atoms with Gasteiger partial charge < -0.3 is 15.0 Å². The summed E-state index contributed by atoms with van der Waals surface area (Å²) < 4.78 is 11.5. The van der Waals surface area contributed by atoms with Gasteiger partial charge in [0, 0.05) is 42.4 Å². The van der Waals surface area contributed by atoms with Crippen LogP contribution in [-0.4, -0.2) is 45.9 Å². The molecule has 150 valence electrons. The van der Waals surface area contributed by atoms with E-state index in [-0.39, 0.29) is 11.2 Å². The van der Waals surface area contributed by atoms with E-state index < -0.39 is 0 Å². The number of nitrogens with zero attached hydrogens (tertiary/aromatic N) is 3. The third-order valence-electron chi connectivity index (χ3n) is 4.68. The molecule has 6 nitrogen and oxygen atoms in total. The molecule has 9 heteroatoms. The van der Waals surface area contributed by atoms with E-state index in [9.17, 15) is 5.21 Å². The minimum atomic E-state index is -0.281. The molecule has 0 spiro atoms. The lowest BCUT2D eigenvalue weighted by molar-refractivity contribution is -0.841. The molecule has 0 radical (unpaired) electrons. The molecule has 2 unspecified atom stereocenters. The summed E-state index contributed by atoms with van der Waals surface area (Å²) in [5.41, 5.74) is 0.923. The first-order chi connectivity index (χ1) is 13.0. The number of hydrogen-bond acceptors (Lipinski definition) is 6.